The van der Waals surface area contributed by atoms with Gasteiger partial charge in [0.1, 0.15) is 0 Å². The van der Waals surface area contributed by atoms with Crippen LogP contribution >= 0.6 is 12.4 Å². The van der Waals surface area contributed by atoms with Crippen LogP contribution in [0.3, 0.4) is 0 Å². The Balaban J connectivity index is 0.00000208. The van der Waals surface area contributed by atoms with E-state index in [2.05, 4.69) is 20.2 Å². The zero-order valence-corrected chi connectivity index (χ0v) is 14.6. The largest absolute Gasteiger partial charge is 0.493 e. The van der Waals surface area contributed by atoms with Gasteiger partial charge in [-0.1, -0.05) is 6.07 Å². The predicted molar refractivity (Wildman–Crippen MR) is 95.5 cm³/mol. The molecule has 128 valence electrons. The maximum absolute atomic E-state index is 5.33. The number of methoxy groups -OCH3 is 2. The number of anilines is 1. The van der Waals surface area contributed by atoms with Gasteiger partial charge in [-0.2, -0.15) is 10.1 Å². The minimum Gasteiger partial charge on any atom is -0.493 e. The first-order valence-electron chi connectivity index (χ1n) is 7.29. The molecule has 7 nitrogen and oxygen atoms in total. The zero-order valence-electron chi connectivity index (χ0n) is 13.8. The van der Waals surface area contributed by atoms with Gasteiger partial charge in [-0.25, -0.2) is 4.98 Å². The Morgan fingerprint density at radius 1 is 1.12 bits per heavy atom. The first-order chi connectivity index (χ1) is 11.2. The zero-order chi connectivity index (χ0) is 16.2. The van der Waals surface area contributed by atoms with Gasteiger partial charge in [0.05, 0.1) is 25.8 Å². The number of fused-ring (bicyclic) bond motifs is 1. The summed E-state index contributed by atoms with van der Waals surface area (Å²) >= 11 is 0. The van der Waals surface area contributed by atoms with Gasteiger partial charge in [-0.05, 0) is 24.1 Å². The fraction of sp³-hybridized carbons (Fsp3) is 0.312. The van der Waals surface area contributed by atoms with Crippen LogP contribution in [-0.4, -0.2) is 48.0 Å². The average molecular weight is 350 g/mol. The molecule has 2 heterocycles. The second-order valence-corrected chi connectivity index (χ2v) is 5.20. The molecule has 8 heteroatoms. The van der Waals surface area contributed by atoms with E-state index in [0.29, 0.717) is 5.95 Å². The summed E-state index contributed by atoms with van der Waals surface area (Å²) in [5, 5.41) is 7.72. The highest BCUT2D eigenvalue weighted by atomic mass is 35.5. The average Bonchev–Trinajstić information content (AvgIpc) is 3.06. The predicted octanol–water partition coefficient (Wildman–Crippen LogP) is 2.47. The van der Waals surface area contributed by atoms with Crippen molar-refractivity contribution < 1.29 is 9.47 Å². The molecule has 0 aliphatic carbocycles. The van der Waals surface area contributed by atoms with Crippen LogP contribution in [0.25, 0.3) is 11.0 Å². The number of nitrogens with zero attached hydrogens (tertiary/aromatic N) is 4. The molecule has 3 aromatic rings. The van der Waals surface area contributed by atoms with Crippen molar-refractivity contribution in [2.45, 2.75) is 6.42 Å². The molecule has 0 amide bonds. The van der Waals surface area contributed by atoms with Crippen molar-refractivity contribution in [3.8, 4) is 11.5 Å². The Morgan fingerprint density at radius 3 is 2.67 bits per heavy atom. The summed E-state index contributed by atoms with van der Waals surface area (Å²) in [7, 11) is 5.24. The Hall–Kier alpha value is -2.54. The van der Waals surface area contributed by atoms with Gasteiger partial charge in [0.15, 0.2) is 17.1 Å². The lowest BCUT2D eigenvalue weighted by molar-refractivity contribution is 0.354. The van der Waals surface area contributed by atoms with Gasteiger partial charge in [-0.3, -0.25) is 5.10 Å². The second-order valence-electron chi connectivity index (χ2n) is 5.20. The van der Waals surface area contributed by atoms with Gasteiger partial charge in [-0.15, -0.1) is 12.4 Å². The van der Waals surface area contributed by atoms with E-state index >= 15 is 0 Å². The van der Waals surface area contributed by atoms with E-state index in [4.69, 9.17) is 9.47 Å². The monoisotopic (exact) mass is 349 g/mol. The molecule has 0 aliphatic rings. The fourth-order valence-electron chi connectivity index (χ4n) is 2.35. The maximum atomic E-state index is 5.33. The first-order valence-corrected chi connectivity index (χ1v) is 7.29. The van der Waals surface area contributed by atoms with E-state index in [0.717, 1.165) is 41.1 Å². The van der Waals surface area contributed by atoms with Crippen molar-refractivity contribution in [2.24, 2.45) is 0 Å². The third-order valence-corrected chi connectivity index (χ3v) is 3.70. The number of likely N-dealkylation sites (N-methyl/N-ethyl adjacent to an activating group) is 1. The highest BCUT2D eigenvalue weighted by Crippen LogP contribution is 2.27. The molecule has 0 radical (unpaired) electrons. The molecule has 0 bridgehead atoms. The van der Waals surface area contributed by atoms with E-state index in [1.54, 1.807) is 26.6 Å². The van der Waals surface area contributed by atoms with Crippen molar-refractivity contribution >= 4 is 29.4 Å². The van der Waals surface area contributed by atoms with E-state index in [1.165, 1.54) is 0 Å². The Kier molecular flexibility index (Phi) is 5.81. The Morgan fingerprint density at radius 2 is 1.92 bits per heavy atom. The molecular formula is C16H20ClN5O2. The quantitative estimate of drug-likeness (QED) is 0.736. The van der Waals surface area contributed by atoms with Crippen LogP contribution in [-0.2, 0) is 6.42 Å². The van der Waals surface area contributed by atoms with Crippen LogP contribution in [0, 0.1) is 0 Å². The van der Waals surface area contributed by atoms with Crippen LogP contribution in [0.2, 0.25) is 0 Å². The van der Waals surface area contributed by atoms with Gasteiger partial charge in [0.2, 0.25) is 5.95 Å². The molecule has 3 rings (SSSR count). The van der Waals surface area contributed by atoms with Crippen LogP contribution < -0.4 is 14.4 Å². The third kappa shape index (κ3) is 3.68. The van der Waals surface area contributed by atoms with Crippen molar-refractivity contribution in [1.29, 1.82) is 0 Å². The van der Waals surface area contributed by atoms with E-state index in [-0.39, 0.29) is 12.4 Å². The number of halogens is 1. The molecule has 0 aliphatic heterocycles. The minimum absolute atomic E-state index is 0. The molecule has 0 unspecified atom stereocenters. The lowest BCUT2D eigenvalue weighted by Gasteiger charge is -2.17. The topological polar surface area (TPSA) is 76.2 Å². The number of benzene rings is 1. The summed E-state index contributed by atoms with van der Waals surface area (Å²) in [6, 6.07) is 5.95. The molecular weight excluding hydrogens is 330 g/mol. The van der Waals surface area contributed by atoms with E-state index in [1.807, 2.05) is 30.1 Å². The number of rotatable bonds is 6. The van der Waals surface area contributed by atoms with E-state index < -0.39 is 0 Å². The normalized spacial score (nSPS) is 10.3. The molecule has 0 saturated heterocycles. The summed E-state index contributed by atoms with van der Waals surface area (Å²) in [5.41, 5.74) is 1.91. The molecule has 24 heavy (non-hydrogen) atoms. The Bertz CT molecular complexity index is 808. The highest BCUT2D eigenvalue weighted by molar-refractivity contribution is 5.85. The second kappa shape index (κ2) is 7.83. The summed E-state index contributed by atoms with van der Waals surface area (Å²) < 4.78 is 10.6. The van der Waals surface area contributed by atoms with Crippen molar-refractivity contribution in [2.75, 3.05) is 32.7 Å². The number of hydrogen-bond acceptors (Lipinski definition) is 6. The third-order valence-electron chi connectivity index (χ3n) is 3.70. The van der Waals surface area contributed by atoms with Crippen LogP contribution in [0.15, 0.2) is 30.6 Å². The summed E-state index contributed by atoms with van der Waals surface area (Å²) in [5.74, 6) is 2.14. The van der Waals surface area contributed by atoms with Gasteiger partial charge >= 0.3 is 0 Å². The smallest absolute Gasteiger partial charge is 0.227 e. The van der Waals surface area contributed by atoms with Gasteiger partial charge < -0.3 is 14.4 Å². The van der Waals surface area contributed by atoms with Crippen molar-refractivity contribution in [3.05, 3.63) is 36.2 Å². The molecule has 0 fully saturated rings. The van der Waals surface area contributed by atoms with Crippen LogP contribution in [0.5, 0.6) is 11.5 Å². The minimum atomic E-state index is 0. The standard InChI is InChI=1S/C16H19N5O2.ClH/c1-21(16-17-9-12-10-18-20-15(12)19-16)7-6-11-4-5-13(22-2)14(8-11)23-3;/h4-5,8-10H,6-7H2,1-3H3,(H,17,18,19,20);1H. The highest BCUT2D eigenvalue weighted by Gasteiger charge is 2.09. The molecule has 1 aromatic carbocycles. The fourth-order valence-corrected chi connectivity index (χ4v) is 2.35. The maximum Gasteiger partial charge on any atom is 0.227 e. The summed E-state index contributed by atoms with van der Waals surface area (Å²) in [6.45, 7) is 0.787. The van der Waals surface area contributed by atoms with Crippen LogP contribution in [0.1, 0.15) is 5.56 Å². The number of aromatic amines is 1. The van der Waals surface area contributed by atoms with Crippen LogP contribution in [0.4, 0.5) is 5.95 Å². The van der Waals surface area contributed by atoms with Gasteiger partial charge in [0, 0.05) is 19.8 Å². The number of ether oxygens (including phenoxy) is 2. The first kappa shape index (κ1) is 17.8. The number of hydrogen-bond donors (Lipinski definition) is 1. The van der Waals surface area contributed by atoms with Crippen molar-refractivity contribution in [3.63, 3.8) is 0 Å². The SMILES string of the molecule is COc1ccc(CCN(C)c2ncc3cn[nH]c3n2)cc1OC.Cl. The Labute approximate surface area is 146 Å². The molecule has 2 aromatic heterocycles. The summed E-state index contributed by atoms with van der Waals surface area (Å²) in [6.07, 6.45) is 4.33. The van der Waals surface area contributed by atoms with Crippen molar-refractivity contribution in [1.82, 2.24) is 20.2 Å². The summed E-state index contributed by atoms with van der Waals surface area (Å²) in [4.78, 5) is 10.8. The number of aromatic nitrogens is 4. The lowest BCUT2D eigenvalue weighted by atomic mass is 10.1. The number of nitrogens with one attached hydrogen (secondary N) is 1. The van der Waals surface area contributed by atoms with Gasteiger partial charge in [0.25, 0.3) is 0 Å². The molecule has 1 N–H and O–H groups in total. The van der Waals surface area contributed by atoms with E-state index in [9.17, 15) is 0 Å². The molecule has 0 spiro atoms. The molecule has 0 saturated carbocycles. The lowest BCUT2D eigenvalue weighted by Crippen LogP contribution is -2.22. The molecule has 0 atom stereocenters. The number of H-pyrrole nitrogens is 1.